The number of rotatable bonds is 2. The molecule has 9 heavy (non-hydrogen) atoms. The van der Waals surface area contributed by atoms with Gasteiger partial charge in [-0.05, 0) is 13.3 Å². The summed E-state index contributed by atoms with van der Waals surface area (Å²) in [5.74, 6) is 0. The zero-order valence-electron chi connectivity index (χ0n) is 5.70. The second kappa shape index (κ2) is 2.62. The van der Waals surface area contributed by atoms with E-state index < -0.39 is 0 Å². The molecule has 1 atom stereocenters. The van der Waals surface area contributed by atoms with Crippen molar-refractivity contribution in [3.63, 3.8) is 0 Å². The van der Waals surface area contributed by atoms with Gasteiger partial charge in [0.25, 0.3) is 0 Å². The first-order valence-corrected chi connectivity index (χ1v) is 3.12. The van der Waals surface area contributed by atoms with E-state index in [1.165, 1.54) is 0 Å². The topological polar surface area (TPSA) is 30.7 Å². The van der Waals surface area contributed by atoms with E-state index in [4.69, 9.17) is 0 Å². The third kappa shape index (κ3) is 1.28. The second-order valence-corrected chi connectivity index (χ2v) is 2.06. The number of nitrogens with zero attached hydrogens (tertiary/aromatic N) is 3. The van der Waals surface area contributed by atoms with Crippen molar-refractivity contribution in [3.8, 4) is 0 Å². The molecule has 3 nitrogen and oxygen atoms in total. The SMILES string of the molecule is CCC(C)n1[c]cnn1. The molecule has 0 N–H and O–H groups in total. The molecule has 0 fully saturated rings. The largest absolute Gasteiger partial charge is 0.240 e. The molecular weight excluding hydrogens is 114 g/mol. The van der Waals surface area contributed by atoms with Crippen LogP contribution in [0.1, 0.15) is 26.3 Å². The summed E-state index contributed by atoms with van der Waals surface area (Å²) in [6.45, 7) is 4.20. The van der Waals surface area contributed by atoms with Gasteiger partial charge < -0.3 is 0 Å². The van der Waals surface area contributed by atoms with Crippen molar-refractivity contribution in [1.29, 1.82) is 0 Å². The number of hydrogen-bond donors (Lipinski definition) is 0. The van der Waals surface area contributed by atoms with E-state index in [0.29, 0.717) is 6.04 Å². The van der Waals surface area contributed by atoms with Crippen LogP contribution in [0.4, 0.5) is 0 Å². The van der Waals surface area contributed by atoms with Crippen molar-refractivity contribution < 1.29 is 0 Å². The zero-order valence-corrected chi connectivity index (χ0v) is 5.70. The first-order chi connectivity index (χ1) is 4.34. The van der Waals surface area contributed by atoms with Gasteiger partial charge >= 0.3 is 0 Å². The molecule has 1 aromatic heterocycles. The predicted molar refractivity (Wildman–Crippen MR) is 33.9 cm³/mol. The summed E-state index contributed by atoms with van der Waals surface area (Å²) in [7, 11) is 0. The van der Waals surface area contributed by atoms with Gasteiger partial charge in [-0.3, -0.25) is 0 Å². The molecule has 1 unspecified atom stereocenters. The van der Waals surface area contributed by atoms with Gasteiger partial charge in [0.1, 0.15) is 6.20 Å². The van der Waals surface area contributed by atoms with Crippen LogP contribution in [0.5, 0.6) is 0 Å². The Morgan fingerprint density at radius 3 is 3.00 bits per heavy atom. The monoisotopic (exact) mass is 124 g/mol. The van der Waals surface area contributed by atoms with E-state index in [0.717, 1.165) is 6.42 Å². The standard InChI is InChI=1S/C6H10N3/c1-3-6(2)9-5-4-7-8-9/h4,6H,3H2,1-2H3. The smallest absolute Gasteiger partial charge is 0.109 e. The molecule has 49 valence electrons. The van der Waals surface area contributed by atoms with Crippen LogP contribution in [0.25, 0.3) is 0 Å². The molecule has 0 aromatic carbocycles. The Morgan fingerprint density at radius 2 is 2.56 bits per heavy atom. The third-order valence-electron chi connectivity index (χ3n) is 1.40. The molecule has 0 bridgehead atoms. The van der Waals surface area contributed by atoms with Gasteiger partial charge in [0.05, 0.1) is 12.2 Å². The quantitative estimate of drug-likeness (QED) is 0.590. The van der Waals surface area contributed by atoms with E-state index in [-0.39, 0.29) is 0 Å². The predicted octanol–water partition coefficient (Wildman–Crippen LogP) is 1.05. The van der Waals surface area contributed by atoms with Crippen molar-refractivity contribution in [2.24, 2.45) is 0 Å². The Hall–Kier alpha value is -0.860. The van der Waals surface area contributed by atoms with Gasteiger partial charge in [-0.2, -0.15) is 0 Å². The van der Waals surface area contributed by atoms with Gasteiger partial charge in [0.2, 0.25) is 0 Å². The summed E-state index contributed by atoms with van der Waals surface area (Å²) in [6.07, 6.45) is 5.53. The Morgan fingerprint density at radius 1 is 1.78 bits per heavy atom. The summed E-state index contributed by atoms with van der Waals surface area (Å²) in [5, 5.41) is 7.45. The molecule has 0 aliphatic heterocycles. The summed E-state index contributed by atoms with van der Waals surface area (Å²) in [6, 6.07) is 0.424. The summed E-state index contributed by atoms with van der Waals surface area (Å²) >= 11 is 0. The first kappa shape index (κ1) is 6.26. The Labute approximate surface area is 54.7 Å². The molecule has 0 aliphatic carbocycles. The molecule has 1 aromatic rings. The van der Waals surface area contributed by atoms with Gasteiger partial charge in [-0.15, -0.1) is 5.10 Å². The van der Waals surface area contributed by atoms with Crippen LogP contribution in [-0.4, -0.2) is 15.0 Å². The highest BCUT2D eigenvalue weighted by atomic mass is 15.4. The van der Waals surface area contributed by atoms with Crippen molar-refractivity contribution >= 4 is 0 Å². The van der Waals surface area contributed by atoms with E-state index in [2.05, 4.69) is 30.4 Å². The molecule has 0 saturated heterocycles. The fourth-order valence-corrected chi connectivity index (χ4v) is 0.581. The van der Waals surface area contributed by atoms with Crippen LogP contribution < -0.4 is 0 Å². The molecule has 1 rings (SSSR count). The van der Waals surface area contributed by atoms with Crippen LogP contribution in [0.3, 0.4) is 0 Å². The maximum atomic E-state index is 3.80. The first-order valence-electron chi connectivity index (χ1n) is 3.12. The highest BCUT2D eigenvalue weighted by molar-refractivity contribution is 4.65. The molecule has 0 saturated carbocycles. The molecule has 0 amide bonds. The number of aromatic nitrogens is 3. The average molecular weight is 124 g/mol. The minimum atomic E-state index is 0.424. The third-order valence-corrected chi connectivity index (χ3v) is 1.40. The highest BCUT2D eigenvalue weighted by Gasteiger charge is 1.99. The lowest BCUT2D eigenvalue weighted by atomic mass is 10.3. The van der Waals surface area contributed by atoms with Crippen LogP contribution in [0.2, 0.25) is 0 Å². The summed E-state index contributed by atoms with van der Waals surface area (Å²) in [5.41, 5.74) is 0. The van der Waals surface area contributed by atoms with Crippen LogP contribution in [0, 0.1) is 6.20 Å². The zero-order chi connectivity index (χ0) is 6.69. The minimum Gasteiger partial charge on any atom is -0.240 e. The molecule has 0 spiro atoms. The summed E-state index contributed by atoms with van der Waals surface area (Å²) in [4.78, 5) is 0. The maximum Gasteiger partial charge on any atom is 0.109 e. The highest BCUT2D eigenvalue weighted by Crippen LogP contribution is 2.04. The van der Waals surface area contributed by atoms with Crippen molar-refractivity contribution in [2.75, 3.05) is 0 Å². The fourth-order valence-electron chi connectivity index (χ4n) is 0.581. The van der Waals surface area contributed by atoms with Gasteiger partial charge in [-0.25, -0.2) is 4.68 Å². The van der Waals surface area contributed by atoms with E-state index in [9.17, 15) is 0 Å². The fraction of sp³-hybridized carbons (Fsp3) is 0.667. The Kier molecular flexibility index (Phi) is 1.82. The normalized spacial score (nSPS) is 13.6. The van der Waals surface area contributed by atoms with Gasteiger partial charge in [0.15, 0.2) is 0 Å². The Bertz CT molecular complexity index is 157. The van der Waals surface area contributed by atoms with Crippen LogP contribution in [0.15, 0.2) is 6.20 Å². The van der Waals surface area contributed by atoms with Gasteiger partial charge in [0, 0.05) is 0 Å². The average Bonchev–Trinajstić information content (AvgIpc) is 2.37. The molecule has 1 radical (unpaired) electrons. The van der Waals surface area contributed by atoms with E-state index in [1.807, 2.05) is 0 Å². The van der Waals surface area contributed by atoms with Crippen LogP contribution >= 0.6 is 0 Å². The number of hydrogen-bond acceptors (Lipinski definition) is 2. The lowest BCUT2D eigenvalue weighted by Crippen LogP contribution is -2.04. The molecule has 0 aliphatic rings. The van der Waals surface area contributed by atoms with E-state index >= 15 is 0 Å². The lowest BCUT2D eigenvalue weighted by Gasteiger charge is -2.04. The summed E-state index contributed by atoms with van der Waals surface area (Å²) < 4.78 is 1.74. The maximum absolute atomic E-state index is 3.80. The minimum absolute atomic E-state index is 0.424. The van der Waals surface area contributed by atoms with Crippen LogP contribution in [-0.2, 0) is 0 Å². The van der Waals surface area contributed by atoms with Crippen molar-refractivity contribution in [1.82, 2.24) is 15.0 Å². The van der Waals surface area contributed by atoms with E-state index in [1.54, 1.807) is 10.9 Å². The molecule has 1 heterocycles. The molecule has 3 heteroatoms. The molecular formula is C6H10N3. The van der Waals surface area contributed by atoms with Crippen molar-refractivity contribution in [3.05, 3.63) is 12.4 Å². The van der Waals surface area contributed by atoms with Crippen molar-refractivity contribution in [2.45, 2.75) is 26.3 Å². The van der Waals surface area contributed by atoms with Gasteiger partial charge in [-0.1, -0.05) is 12.1 Å². The lowest BCUT2D eigenvalue weighted by molar-refractivity contribution is 0.461. The Balaban J connectivity index is 2.65. The second-order valence-electron chi connectivity index (χ2n) is 2.06.